The minimum Gasteiger partial charge on any atom is -0.497 e. The fraction of sp³-hybridized carbons (Fsp3) is 0.125. The lowest BCUT2D eigenvalue weighted by atomic mass is 10.2. The van der Waals surface area contributed by atoms with Gasteiger partial charge in [0.25, 0.3) is 5.69 Å². The highest BCUT2D eigenvalue weighted by Crippen LogP contribution is 2.26. The highest BCUT2D eigenvalue weighted by atomic mass is 32.2. The molecule has 11 heteroatoms. The van der Waals surface area contributed by atoms with Crippen LogP contribution in [0.2, 0.25) is 0 Å². The number of nitro groups is 1. The van der Waals surface area contributed by atoms with Gasteiger partial charge in [0.05, 0.1) is 18.6 Å². The van der Waals surface area contributed by atoms with Crippen molar-refractivity contribution in [1.29, 1.82) is 0 Å². The molecule has 0 radical (unpaired) electrons. The summed E-state index contributed by atoms with van der Waals surface area (Å²) in [5.74, 6) is 1.84. The maximum Gasteiger partial charge on any atom is 0.319 e. The number of aromatic nitrogens is 3. The molecule has 2 N–H and O–H groups in total. The number of ether oxygens (including phenoxy) is 1. The van der Waals surface area contributed by atoms with Gasteiger partial charge < -0.3 is 15.4 Å². The number of nitro benzene ring substituents is 1. The molecule has 3 aromatic carbocycles. The van der Waals surface area contributed by atoms with Crippen molar-refractivity contribution in [3.05, 3.63) is 100 Å². The van der Waals surface area contributed by atoms with E-state index in [2.05, 4.69) is 20.8 Å². The number of urea groups is 1. The summed E-state index contributed by atoms with van der Waals surface area (Å²) in [6.07, 6.45) is 0. The lowest BCUT2D eigenvalue weighted by molar-refractivity contribution is -0.384. The number of nitrogens with one attached hydrogen (secondary N) is 2. The summed E-state index contributed by atoms with van der Waals surface area (Å²) in [5.41, 5.74) is 2.37. The van der Waals surface area contributed by atoms with E-state index in [9.17, 15) is 14.9 Å². The zero-order valence-corrected chi connectivity index (χ0v) is 19.6. The first-order valence-electron chi connectivity index (χ1n) is 10.6. The second-order valence-corrected chi connectivity index (χ2v) is 8.26. The maximum absolute atomic E-state index is 12.4. The van der Waals surface area contributed by atoms with E-state index in [1.165, 1.54) is 23.9 Å². The average Bonchev–Trinajstić information content (AvgIpc) is 3.30. The lowest BCUT2D eigenvalue weighted by Crippen LogP contribution is -2.29. The van der Waals surface area contributed by atoms with Gasteiger partial charge in [0, 0.05) is 29.3 Å². The summed E-state index contributed by atoms with van der Waals surface area (Å²) < 4.78 is 6.90. The number of nitrogens with zero attached hydrogens (tertiary/aromatic N) is 4. The largest absolute Gasteiger partial charge is 0.497 e. The van der Waals surface area contributed by atoms with Crippen LogP contribution in [0, 0.1) is 10.1 Å². The Hall–Kier alpha value is -4.38. The van der Waals surface area contributed by atoms with Gasteiger partial charge in [-0.2, -0.15) is 0 Å². The molecule has 0 fully saturated rings. The number of amides is 2. The molecular weight excluding hydrogens is 468 g/mol. The Morgan fingerprint density at radius 2 is 1.74 bits per heavy atom. The van der Waals surface area contributed by atoms with Crippen LogP contribution in [-0.2, 0) is 12.3 Å². The van der Waals surface area contributed by atoms with E-state index in [0.29, 0.717) is 33.9 Å². The van der Waals surface area contributed by atoms with Gasteiger partial charge in [0.1, 0.15) is 5.75 Å². The van der Waals surface area contributed by atoms with Gasteiger partial charge in [-0.3, -0.25) is 14.7 Å². The van der Waals surface area contributed by atoms with Crippen LogP contribution in [0.4, 0.5) is 16.2 Å². The first-order valence-corrected chi connectivity index (χ1v) is 11.6. The van der Waals surface area contributed by atoms with E-state index in [4.69, 9.17) is 4.74 Å². The molecule has 0 aliphatic heterocycles. The number of carbonyl (C=O) groups is 1. The molecule has 0 unspecified atom stereocenters. The van der Waals surface area contributed by atoms with Crippen molar-refractivity contribution in [2.24, 2.45) is 0 Å². The molecule has 0 bridgehead atoms. The molecule has 0 saturated carbocycles. The van der Waals surface area contributed by atoms with Crippen molar-refractivity contribution in [3.8, 4) is 11.4 Å². The molecule has 4 aromatic rings. The molecule has 4 rings (SSSR count). The highest BCUT2D eigenvalue weighted by Gasteiger charge is 2.17. The third-order valence-corrected chi connectivity index (χ3v) is 5.98. The highest BCUT2D eigenvalue weighted by molar-refractivity contribution is 7.98. The van der Waals surface area contributed by atoms with Crippen LogP contribution in [0.3, 0.4) is 0 Å². The Kier molecular flexibility index (Phi) is 7.58. The van der Waals surface area contributed by atoms with E-state index in [0.717, 1.165) is 5.56 Å². The molecule has 35 heavy (non-hydrogen) atoms. The van der Waals surface area contributed by atoms with Gasteiger partial charge in [0.15, 0.2) is 11.0 Å². The smallest absolute Gasteiger partial charge is 0.319 e. The number of methoxy groups -OCH3 is 1. The Balaban J connectivity index is 1.51. The Morgan fingerprint density at radius 1 is 1.03 bits per heavy atom. The first kappa shape index (κ1) is 23.8. The minimum atomic E-state index is -0.451. The zero-order chi connectivity index (χ0) is 24.6. The summed E-state index contributed by atoms with van der Waals surface area (Å²) in [5, 5.41) is 25.8. The van der Waals surface area contributed by atoms with Crippen LogP contribution in [0.25, 0.3) is 5.69 Å². The molecule has 178 valence electrons. The number of hydrogen-bond donors (Lipinski definition) is 2. The van der Waals surface area contributed by atoms with Crippen LogP contribution >= 0.6 is 11.8 Å². The van der Waals surface area contributed by atoms with Gasteiger partial charge in [-0.15, -0.1) is 10.2 Å². The van der Waals surface area contributed by atoms with Crippen LogP contribution in [0.5, 0.6) is 5.75 Å². The standard InChI is InChI=1S/C24H22N6O4S/c1-34-21-13-7-18(8-14-21)26-23(31)25-15-22-27-28-24(35-16-17-5-3-2-4-6-17)29(22)19-9-11-20(12-10-19)30(32)33/h2-14H,15-16H2,1H3,(H2,25,26,31). The molecule has 0 atom stereocenters. The molecule has 0 aliphatic carbocycles. The molecular formula is C24H22N6O4S. The quantitative estimate of drug-likeness (QED) is 0.196. The number of carbonyl (C=O) groups excluding carboxylic acids is 1. The average molecular weight is 491 g/mol. The molecule has 0 spiro atoms. The van der Waals surface area contributed by atoms with Crippen molar-refractivity contribution >= 4 is 29.2 Å². The van der Waals surface area contributed by atoms with Crippen LogP contribution < -0.4 is 15.4 Å². The SMILES string of the molecule is COc1ccc(NC(=O)NCc2nnc(SCc3ccccc3)n2-c2ccc([N+](=O)[O-])cc2)cc1. The van der Waals surface area contributed by atoms with Crippen molar-refractivity contribution < 1.29 is 14.5 Å². The number of anilines is 1. The van der Waals surface area contributed by atoms with E-state index >= 15 is 0 Å². The minimum absolute atomic E-state index is 0.0149. The van der Waals surface area contributed by atoms with Crippen molar-refractivity contribution in [2.75, 3.05) is 12.4 Å². The summed E-state index contributed by atoms with van der Waals surface area (Å²) in [7, 11) is 1.57. The van der Waals surface area contributed by atoms with E-state index in [1.807, 2.05) is 30.3 Å². The predicted octanol–water partition coefficient (Wildman–Crippen LogP) is 4.80. The molecule has 1 heterocycles. The Morgan fingerprint density at radius 3 is 2.40 bits per heavy atom. The van der Waals surface area contributed by atoms with Gasteiger partial charge in [-0.05, 0) is 42.0 Å². The van der Waals surface area contributed by atoms with E-state index < -0.39 is 11.0 Å². The molecule has 0 saturated heterocycles. The Labute approximate surface area is 205 Å². The van der Waals surface area contributed by atoms with Crippen molar-refractivity contribution in [2.45, 2.75) is 17.5 Å². The summed E-state index contributed by atoms with van der Waals surface area (Å²) in [6.45, 7) is 0.0951. The zero-order valence-electron chi connectivity index (χ0n) is 18.7. The van der Waals surface area contributed by atoms with Crippen LogP contribution in [0.1, 0.15) is 11.4 Å². The lowest BCUT2D eigenvalue weighted by Gasteiger charge is -2.12. The molecule has 0 aliphatic rings. The maximum atomic E-state index is 12.4. The van der Waals surface area contributed by atoms with E-state index in [-0.39, 0.29) is 12.2 Å². The monoisotopic (exact) mass is 490 g/mol. The fourth-order valence-corrected chi connectivity index (χ4v) is 4.15. The topological polar surface area (TPSA) is 124 Å². The second-order valence-electron chi connectivity index (χ2n) is 7.32. The number of hydrogen-bond acceptors (Lipinski definition) is 7. The number of rotatable bonds is 9. The van der Waals surface area contributed by atoms with Crippen molar-refractivity contribution in [1.82, 2.24) is 20.1 Å². The molecule has 1 aromatic heterocycles. The molecule has 2 amide bonds. The third kappa shape index (κ3) is 6.15. The predicted molar refractivity (Wildman–Crippen MR) is 133 cm³/mol. The third-order valence-electron chi connectivity index (χ3n) is 4.98. The van der Waals surface area contributed by atoms with Crippen LogP contribution in [0.15, 0.2) is 84.0 Å². The number of benzene rings is 3. The number of non-ortho nitro benzene ring substituents is 1. The van der Waals surface area contributed by atoms with E-state index in [1.54, 1.807) is 48.1 Å². The van der Waals surface area contributed by atoms with Gasteiger partial charge in [-0.1, -0.05) is 42.1 Å². The Bertz CT molecular complexity index is 1290. The van der Waals surface area contributed by atoms with Crippen LogP contribution in [-0.4, -0.2) is 32.8 Å². The first-order chi connectivity index (χ1) is 17.0. The second kappa shape index (κ2) is 11.2. The molecule has 10 nitrogen and oxygen atoms in total. The normalized spacial score (nSPS) is 10.5. The summed E-state index contributed by atoms with van der Waals surface area (Å²) in [4.78, 5) is 23.0. The van der Waals surface area contributed by atoms with Gasteiger partial charge in [0.2, 0.25) is 0 Å². The van der Waals surface area contributed by atoms with Gasteiger partial charge >= 0.3 is 6.03 Å². The summed E-state index contributed by atoms with van der Waals surface area (Å²) in [6, 6.07) is 22.6. The van der Waals surface area contributed by atoms with Crippen molar-refractivity contribution in [3.63, 3.8) is 0 Å². The fourth-order valence-electron chi connectivity index (χ4n) is 3.22. The van der Waals surface area contributed by atoms with Gasteiger partial charge in [-0.25, -0.2) is 4.79 Å². The summed E-state index contributed by atoms with van der Waals surface area (Å²) >= 11 is 1.48. The number of thioether (sulfide) groups is 1.